The van der Waals surface area contributed by atoms with Gasteiger partial charge in [-0.25, -0.2) is 4.79 Å². The monoisotopic (exact) mass is 285 g/mol. The molecule has 1 fully saturated rings. The minimum atomic E-state index is -0.998. The Morgan fingerprint density at radius 1 is 1.35 bits per heavy atom. The highest BCUT2D eigenvalue weighted by Crippen LogP contribution is 2.15. The molecule has 0 bridgehead atoms. The molecule has 0 saturated carbocycles. The molecule has 8 nitrogen and oxygen atoms in total. The maximum absolute atomic E-state index is 11.8. The molecule has 0 aromatic carbocycles. The predicted molar refractivity (Wildman–Crippen MR) is 68.6 cm³/mol. The van der Waals surface area contributed by atoms with Gasteiger partial charge in [0, 0.05) is 6.54 Å². The van der Waals surface area contributed by atoms with Gasteiger partial charge in [-0.2, -0.15) is 0 Å². The van der Waals surface area contributed by atoms with Crippen molar-refractivity contribution in [3.05, 3.63) is 0 Å². The standard InChI is InChI=1S/C12H19N3O5/c1-4-20-9(17)5-6-13-8(16)7-15-10(18)12(2,3)14-11(15)19/h4-7H2,1-3H3,(H,13,16)(H,14,19). The summed E-state index contributed by atoms with van der Waals surface area (Å²) in [4.78, 5) is 46.9. The van der Waals surface area contributed by atoms with E-state index in [1.165, 1.54) is 0 Å². The van der Waals surface area contributed by atoms with Crippen molar-refractivity contribution in [2.45, 2.75) is 32.7 Å². The number of esters is 1. The largest absolute Gasteiger partial charge is 0.466 e. The summed E-state index contributed by atoms with van der Waals surface area (Å²) in [6, 6.07) is -0.597. The summed E-state index contributed by atoms with van der Waals surface area (Å²) in [5.41, 5.74) is -0.998. The van der Waals surface area contributed by atoms with E-state index in [-0.39, 0.29) is 26.1 Å². The fraction of sp³-hybridized carbons (Fsp3) is 0.667. The minimum Gasteiger partial charge on any atom is -0.466 e. The number of urea groups is 1. The molecule has 0 aliphatic carbocycles. The highest BCUT2D eigenvalue weighted by molar-refractivity contribution is 6.08. The lowest BCUT2D eigenvalue weighted by Crippen LogP contribution is -2.43. The normalized spacial score (nSPS) is 16.9. The molecule has 1 aliphatic rings. The first-order valence-corrected chi connectivity index (χ1v) is 6.34. The van der Waals surface area contributed by atoms with Crippen molar-refractivity contribution < 1.29 is 23.9 Å². The molecule has 2 N–H and O–H groups in total. The van der Waals surface area contributed by atoms with E-state index in [1.807, 2.05) is 0 Å². The van der Waals surface area contributed by atoms with E-state index in [0.717, 1.165) is 4.90 Å². The van der Waals surface area contributed by atoms with Gasteiger partial charge >= 0.3 is 12.0 Å². The third-order valence-corrected chi connectivity index (χ3v) is 2.70. The molecule has 1 rings (SSSR count). The summed E-state index contributed by atoms with van der Waals surface area (Å²) in [7, 11) is 0. The summed E-state index contributed by atoms with van der Waals surface area (Å²) >= 11 is 0. The molecule has 1 saturated heterocycles. The molecule has 4 amide bonds. The van der Waals surface area contributed by atoms with Crippen molar-refractivity contribution in [1.29, 1.82) is 0 Å². The van der Waals surface area contributed by atoms with Gasteiger partial charge in [0.1, 0.15) is 12.1 Å². The summed E-state index contributed by atoms with van der Waals surface area (Å²) < 4.78 is 4.70. The zero-order valence-electron chi connectivity index (χ0n) is 11.8. The molecule has 0 unspecified atom stereocenters. The lowest BCUT2D eigenvalue weighted by molar-refractivity contribution is -0.143. The van der Waals surface area contributed by atoms with Crippen LogP contribution in [0, 0.1) is 0 Å². The number of ether oxygens (including phenoxy) is 1. The van der Waals surface area contributed by atoms with E-state index in [0.29, 0.717) is 0 Å². The molecule has 0 atom stereocenters. The first-order chi connectivity index (χ1) is 9.27. The zero-order chi connectivity index (χ0) is 15.3. The second kappa shape index (κ2) is 6.36. The fourth-order valence-electron chi connectivity index (χ4n) is 1.70. The third kappa shape index (κ3) is 3.94. The van der Waals surface area contributed by atoms with E-state index >= 15 is 0 Å². The van der Waals surface area contributed by atoms with Gasteiger partial charge in [0.25, 0.3) is 5.91 Å². The van der Waals surface area contributed by atoms with Crippen molar-refractivity contribution in [3.8, 4) is 0 Å². The van der Waals surface area contributed by atoms with Crippen LogP contribution in [-0.2, 0) is 19.1 Å². The van der Waals surface area contributed by atoms with Crippen molar-refractivity contribution in [3.63, 3.8) is 0 Å². The maximum Gasteiger partial charge on any atom is 0.325 e. The van der Waals surface area contributed by atoms with Gasteiger partial charge in [-0.3, -0.25) is 19.3 Å². The molecule has 8 heteroatoms. The lowest BCUT2D eigenvalue weighted by atomic mass is 10.1. The van der Waals surface area contributed by atoms with E-state index in [9.17, 15) is 19.2 Å². The van der Waals surface area contributed by atoms with Gasteiger partial charge in [-0.1, -0.05) is 0 Å². The molecule has 20 heavy (non-hydrogen) atoms. The SMILES string of the molecule is CCOC(=O)CCNC(=O)CN1C(=O)NC(C)(C)C1=O. The lowest BCUT2D eigenvalue weighted by Gasteiger charge is -2.15. The van der Waals surface area contributed by atoms with Crippen molar-refractivity contribution >= 4 is 23.8 Å². The summed E-state index contributed by atoms with van der Waals surface area (Å²) in [6.07, 6.45) is 0.0468. The average molecular weight is 285 g/mol. The summed E-state index contributed by atoms with van der Waals surface area (Å²) in [5, 5.41) is 4.93. The van der Waals surface area contributed by atoms with Crippen molar-refractivity contribution in [2.24, 2.45) is 0 Å². The van der Waals surface area contributed by atoms with E-state index in [2.05, 4.69) is 10.6 Å². The number of carbonyl (C=O) groups excluding carboxylic acids is 4. The van der Waals surface area contributed by atoms with Crippen LogP contribution in [0.1, 0.15) is 27.2 Å². The number of imide groups is 1. The van der Waals surface area contributed by atoms with E-state index in [4.69, 9.17) is 4.74 Å². The Morgan fingerprint density at radius 2 is 2.00 bits per heavy atom. The molecule has 0 radical (unpaired) electrons. The number of rotatable bonds is 6. The van der Waals surface area contributed by atoms with Crippen LogP contribution in [0.5, 0.6) is 0 Å². The molecule has 112 valence electrons. The maximum atomic E-state index is 11.8. The molecular weight excluding hydrogens is 266 g/mol. The molecule has 0 aromatic heterocycles. The number of amides is 4. The van der Waals surface area contributed by atoms with Crippen LogP contribution < -0.4 is 10.6 Å². The molecular formula is C12H19N3O5. The third-order valence-electron chi connectivity index (χ3n) is 2.70. The van der Waals surface area contributed by atoms with E-state index < -0.39 is 29.4 Å². The Morgan fingerprint density at radius 3 is 2.50 bits per heavy atom. The molecule has 1 heterocycles. The first kappa shape index (κ1) is 15.9. The second-order valence-electron chi connectivity index (χ2n) is 4.85. The molecule has 0 aromatic rings. The van der Waals surface area contributed by atoms with Crippen LogP contribution in [0.25, 0.3) is 0 Å². The Kier molecular flexibility index (Phi) is 5.06. The topological polar surface area (TPSA) is 105 Å². The Bertz CT molecular complexity index is 433. The van der Waals surface area contributed by atoms with Crippen LogP contribution in [-0.4, -0.2) is 54.0 Å². The van der Waals surface area contributed by atoms with Crippen LogP contribution in [0.2, 0.25) is 0 Å². The van der Waals surface area contributed by atoms with Gasteiger partial charge in [0.05, 0.1) is 13.0 Å². The average Bonchev–Trinajstić information content (AvgIpc) is 2.52. The summed E-state index contributed by atoms with van der Waals surface area (Å²) in [6.45, 7) is 4.83. The number of hydrogen-bond acceptors (Lipinski definition) is 5. The van der Waals surface area contributed by atoms with Crippen molar-refractivity contribution in [2.75, 3.05) is 19.7 Å². The van der Waals surface area contributed by atoms with Gasteiger partial charge in [0.15, 0.2) is 0 Å². The Hall–Kier alpha value is -2.12. The highest BCUT2D eigenvalue weighted by Gasteiger charge is 2.44. The Balaban J connectivity index is 2.38. The summed E-state index contributed by atoms with van der Waals surface area (Å²) in [5.74, 6) is -1.37. The van der Waals surface area contributed by atoms with Gasteiger partial charge in [0.2, 0.25) is 5.91 Å². The number of carbonyl (C=O) groups is 4. The van der Waals surface area contributed by atoms with Crippen LogP contribution in [0.4, 0.5) is 4.79 Å². The predicted octanol–water partition coefficient (Wildman–Crippen LogP) is -0.614. The minimum absolute atomic E-state index is 0.0468. The number of nitrogens with one attached hydrogen (secondary N) is 2. The number of nitrogens with zero attached hydrogens (tertiary/aromatic N) is 1. The highest BCUT2D eigenvalue weighted by atomic mass is 16.5. The van der Waals surface area contributed by atoms with Gasteiger partial charge in [-0.05, 0) is 20.8 Å². The van der Waals surface area contributed by atoms with Crippen LogP contribution in [0.15, 0.2) is 0 Å². The van der Waals surface area contributed by atoms with Crippen molar-refractivity contribution in [1.82, 2.24) is 15.5 Å². The van der Waals surface area contributed by atoms with Gasteiger partial charge in [-0.15, -0.1) is 0 Å². The first-order valence-electron chi connectivity index (χ1n) is 6.34. The van der Waals surface area contributed by atoms with Crippen LogP contribution >= 0.6 is 0 Å². The van der Waals surface area contributed by atoms with E-state index in [1.54, 1.807) is 20.8 Å². The fourth-order valence-corrected chi connectivity index (χ4v) is 1.70. The quantitative estimate of drug-likeness (QED) is 0.500. The Labute approximate surface area is 116 Å². The smallest absolute Gasteiger partial charge is 0.325 e. The van der Waals surface area contributed by atoms with Crippen LogP contribution in [0.3, 0.4) is 0 Å². The molecule has 0 spiro atoms. The van der Waals surface area contributed by atoms with Gasteiger partial charge < -0.3 is 15.4 Å². The second-order valence-corrected chi connectivity index (χ2v) is 4.85. The number of hydrogen-bond donors (Lipinski definition) is 2. The zero-order valence-corrected chi connectivity index (χ0v) is 11.8. The molecule has 1 aliphatic heterocycles.